The van der Waals surface area contributed by atoms with E-state index in [-0.39, 0.29) is 24.0 Å². The number of hydrogen-bond donors (Lipinski definition) is 1. The van der Waals surface area contributed by atoms with E-state index in [0.717, 1.165) is 12.0 Å². The molecule has 27 heavy (non-hydrogen) atoms. The van der Waals surface area contributed by atoms with E-state index in [4.69, 9.17) is 16.3 Å². The predicted octanol–water partition coefficient (Wildman–Crippen LogP) is 3.09. The summed E-state index contributed by atoms with van der Waals surface area (Å²) in [5, 5.41) is 3.53. The van der Waals surface area contributed by atoms with Crippen molar-refractivity contribution in [2.24, 2.45) is 22.7 Å². The highest BCUT2D eigenvalue weighted by atomic mass is 35.5. The van der Waals surface area contributed by atoms with Crippen LogP contribution in [0.1, 0.15) is 18.4 Å². The van der Waals surface area contributed by atoms with Crippen LogP contribution in [0.2, 0.25) is 5.02 Å². The summed E-state index contributed by atoms with van der Waals surface area (Å²) in [7, 11) is 0. The average Bonchev–Trinajstić information content (AvgIpc) is 3.28. The number of hydrogen-bond acceptors (Lipinski definition) is 4. The lowest BCUT2D eigenvalue weighted by Crippen LogP contribution is -2.34. The molecule has 1 aromatic carbocycles. The van der Waals surface area contributed by atoms with E-state index in [1.54, 1.807) is 12.1 Å². The lowest BCUT2D eigenvalue weighted by atomic mass is 9.93. The summed E-state index contributed by atoms with van der Waals surface area (Å²) in [4.78, 5) is 28.7. The molecular weight excluding hydrogens is 364 g/mol. The van der Waals surface area contributed by atoms with Crippen LogP contribution >= 0.6 is 11.6 Å². The van der Waals surface area contributed by atoms with E-state index in [1.165, 1.54) is 18.7 Å². The van der Waals surface area contributed by atoms with Gasteiger partial charge in [0.15, 0.2) is 11.9 Å². The predicted molar refractivity (Wildman–Crippen MR) is 103 cm³/mol. The Kier molecular flexibility index (Phi) is 5.23. The van der Waals surface area contributed by atoms with Gasteiger partial charge >= 0.3 is 0 Å². The monoisotopic (exact) mass is 384 g/mol. The fraction of sp³-hybridized carbons (Fsp3) is 0.381. The zero-order valence-electron chi connectivity index (χ0n) is 14.8. The fourth-order valence-corrected chi connectivity index (χ4v) is 4.19. The van der Waals surface area contributed by atoms with Crippen molar-refractivity contribution in [3.63, 3.8) is 0 Å². The van der Waals surface area contributed by atoms with Crippen LogP contribution in [0.3, 0.4) is 0 Å². The highest BCUT2D eigenvalue weighted by molar-refractivity contribution is 6.30. The Labute approximate surface area is 163 Å². The van der Waals surface area contributed by atoms with Crippen LogP contribution in [-0.2, 0) is 20.9 Å². The molecule has 0 saturated heterocycles. The highest BCUT2D eigenvalue weighted by Gasteiger charge is 2.35. The Balaban J connectivity index is 1.27. The number of aliphatic imine (C=N–C) groups is 1. The number of nitrogens with zero attached hydrogens (tertiary/aromatic N) is 1. The molecule has 4 rings (SSSR count). The number of allylic oxidation sites excluding steroid dienone is 2. The zero-order valence-corrected chi connectivity index (χ0v) is 15.6. The van der Waals surface area contributed by atoms with Crippen molar-refractivity contribution in [2.75, 3.05) is 6.54 Å². The maximum atomic E-state index is 12.3. The molecule has 2 bridgehead atoms. The summed E-state index contributed by atoms with van der Waals surface area (Å²) in [6.07, 6.45) is 8.73. The van der Waals surface area contributed by atoms with Crippen LogP contribution in [0.15, 0.2) is 53.2 Å². The van der Waals surface area contributed by atoms with Crippen molar-refractivity contribution in [3.8, 4) is 0 Å². The summed E-state index contributed by atoms with van der Waals surface area (Å²) in [5.74, 6) is 1.15. The number of fused-ring (bicyclic) bond motifs is 2. The molecule has 1 heterocycles. The number of benzene rings is 1. The van der Waals surface area contributed by atoms with E-state index in [0.29, 0.717) is 29.3 Å². The molecule has 0 aromatic heterocycles. The molecule has 5 nitrogen and oxygen atoms in total. The first-order valence-electron chi connectivity index (χ1n) is 9.21. The van der Waals surface area contributed by atoms with Gasteiger partial charge in [0.25, 0.3) is 5.91 Å². The lowest BCUT2D eigenvalue weighted by Gasteiger charge is -2.19. The topological polar surface area (TPSA) is 67.8 Å². The number of rotatable bonds is 6. The average molecular weight is 385 g/mol. The Morgan fingerprint density at radius 3 is 2.89 bits per heavy atom. The summed E-state index contributed by atoms with van der Waals surface area (Å²) < 4.78 is 5.60. The van der Waals surface area contributed by atoms with E-state index in [1.807, 2.05) is 12.1 Å². The zero-order chi connectivity index (χ0) is 18.8. The maximum absolute atomic E-state index is 12.3. The van der Waals surface area contributed by atoms with Crippen molar-refractivity contribution >= 4 is 29.5 Å². The number of ketones is 1. The van der Waals surface area contributed by atoms with Gasteiger partial charge in [-0.25, -0.2) is 0 Å². The fourth-order valence-electron chi connectivity index (χ4n) is 3.98. The third kappa shape index (κ3) is 4.20. The van der Waals surface area contributed by atoms with E-state index >= 15 is 0 Å². The minimum Gasteiger partial charge on any atom is -0.360 e. The molecule has 6 heteroatoms. The van der Waals surface area contributed by atoms with Crippen LogP contribution < -0.4 is 5.32 Å². The van der Waals surface area contributed by atoms with Crippen molar-refractivity contribution in [3.05, 3.63) is 58.8 Å². The molecule has 2 aliphatic carbocycles. The van der Waals surface area contributed by atoms with Gasteiger partial charge in [0, 0.05) is 23.9 Å². The first-order chi connectivity index (χ1) is 13.1. The number of carbonyl (C=O) groups excluding carboxylic acids is 2. The molecule has 1 saturated carbocycles. The van der Waals surface area contributed by atoms with Crippen molar-refractivity contribution in [1.82, 2.24) is 5.32 Å². The molecule has 140 valence electrons. The van der Waals surface area contributed by atoms with Crippen LogP contribution in [0.4, 0.5) is 0 Å². The molecule has 1 aliphatic heterocycles. The number of carbonyl (C=O) groups is 2. The van der Waals surface area contributed by atoms with Gasteiger partial charge in [-0.3, -0.25) is 14.6 Å². The molecule has 4 unspecified atom stereocenters. The SMILES string of the molecule is O=C(NCC1CC2C=CC1C2)C1=CC(=O)C(OCc2cccc(Cl)c2)C=N1. The number of amides is 1. The van der Waals surface area contributed by atoms with Gasteiger partial charge in [-0.15, -0.1) is 0 Å². The molecule has 0 radical (unpaired) electrons. The van der Waals surface area contributed by atoms with Crippen molar-refractivity contribution in [1.29, 1.82) is 0 Å². The van der Waals surface area contributed by atoms with E-state index < -0.39 is 6.10 Å². The summed E-state index contributed by atoms with van der Waals surface area (Å²) in [6, 6.07) is 7.26. The molecule has 3 aliphatic rings. The van der Waals surface area contributed by atoms with Crippen LogP contribution in [0.25, 0.3) is 0 Å². The molecule has 4 atom stereocenters. The summed E-state index contributed by atoms with van der Waals surface area (Å²) >= 11 is 5.94. The van der Waals surface area contributed by atoms with Gasteiger partial charge in [0.05, 0.1) is 6.61 Å². The quantitative estimate of drug-likeness (QED) is 0.766. The summed E-state index contributed by atoms with van der Waals surface area (Å²) in [5.41, 5.74) is 1.01. The van der Waals surface area contributed by atoms with E-state index in [9.17, 15) is 9.59 Å². The highest BCUT2D eigenvalue weighted by Crippen LogP contribution is 2.42. The number of ether oxygens (including phenoxy) is 1. The lowest BCUT2D eigenvalue weighted by molar-refractivity contribution is -0.123. The standard InChI is InChI=1S/C21H21ClN2O3/c22-17-3-1-2-14(8-17)12-27-20-11-23-18(9-19(20)25)21(26)24-10-16-7-13-4-5-15(16)6-13/h1-5,8-9,11,13,15-16,20H,6-7,10,12H2,(H,24,26). The summed E-state index contributed by atoms with van der Waals surface area (Å²) in [6.45, 7) is 0.871. The molecule has 1 aromatic rings. The molecule has 1 amide bonds. The third-order valence-electron chi connectivity index (χ3n) is 5.40. The minimum absolute atomic E-state index is 0.140. The van der Waals surface area contributed by atoms with Crippen LogP contribution in [0, 0.1) is 17.8 Å². The third-order valence-corrected chi connectivity index (χ3v) is 5.64. The number of halogens is 1. The molecule has 1 fully saturated rings. The Bertz CT molecular complexity index is 846. The maximum Gasteiger partial charge on any atom is 0.270 e. The van der Waals surface area contributed by atoms with Crippen LogP contribution in [-0.4, -0.2) is 30.6 Å². The molecule has 0 spiro atoms. The molecule has 1 N–H and O–H groups in total. The van der Waals surface area contributed by atoms with Gasteiger partial charge in [0.1, 0.15) is 5.70 Å². The second-order valence-electron chi connectivity index (χ2n) is 7.32. The van der Waals surface area contributed by atoms with Gasteiger partial charge in [-0.05, 0) is 48.3 Å². The van der Waals surface area contributed by atoms with Gasteiger partial charge < -0.3 is 10.1 Å². The smallest absolute Gasteiger partial charge is 0.270 e. The molecular formula is C21H21ClN2O3. The normalized spacial score (nSPS) is 28.5. The minimum atomic E-state index is -0.781. The van der Waals surface area contributed by atoms with Crippen molar-refractivity contribution < 1.29 is 14.3 Å². The second kappa shape index (κ2) is 7.79. The Morgan fingerprint density at radius 2 is 2.19 bits per heavy atom. The first-order valence-corrected chi connectivity index (χ1v) is 9.58. The van der Waals surface area contributed by atoms with Gasteiger partial charge in [0.2, 0.25) is 0 Å². The van der Waals surface area contributed by atoms with Crippen molar-refractivity contribution in [2.45, 2.75) is 25.6 Å². The van der Waals surface area contributed by atoms with Gasteiger partial charge in [-0.2, -0.15) is 0 Å². The Morgan fingerprint density at radius 1 is 1.30 bits per heavy atom. The first kappa shape index (κ1) is 18.1. The van der Waals surface area contributed by atoms with Gasteiger partial charge in [-0.1, -0.05) is 35.9 Å². The largest absolute Gasteiger partial charge is 0.360 e. The second-order valence-corrected chi connectivity index (χ2v) is 7.76. The van der Waals surface area contributed by atoms with E-state index in [2.05, 4.69) is 22.5 Å². The Hall–Kier alpha value is -2.24. The van der Waals surface area contributed by atoms with Crippen LogP contribution in [0.5, 0.6) is 0 Å². The number of nitrogens with one attached hydrogen (secondary N) is 1.